The molecule has 3 rings (SSSR count). The van der Waals surface area contributed by atoms with E-state index in [9.17, 15) is 4.79 Å². The molecule has 30 heavy (non-hydrogen) atoms. The number of carbonyl (C=O) groups excluding carboxylic acids is 1. The Bertz CT molecular complexity index is 803. The average Bonchev–Trinajstić information content (AvgIpc) is 3.19. The molecular formula is C21H31IN6O2. The van der Waals surface area contributed by atoms with Crippen LogP contribution in [0.3, 0.4) is 0 Å². The van der Waals surface area contributed by atoms with Crippen molar-refractivity contribution in [3.05, 3.63) is 54.1 Å². The number of nitrogens with zero attached hydrogens (tertiary/aromatic N) is 4. The predicted molar refractivity (Wildman–Crippen MR) is 128 cm³/mol. The summed E-state index contributed by atoms with van der Waals surface area (Å²) in [5.41, 5.74) is 1.23. The Labute approximate surface area is 195 Å². The second kappa shape index (κ2) is 12.4. The lowest BCUT2D eigenvalue weighted by molar-refractivity contribution is 0.111. The highest BCUT2D eigenvalue weighted by Crippen LogP contribution is 2.11. The van der Waals surface area contributed by atoms with E-state index in [1.165, 1.54) is 12.7 Å². The number of ether oxygens (including phenoxy) is 1. The summed E-state index contributed by atoms with van der Waals surface area (Å²) < 4.78 is 6.92. The van der Waals surface area contributed by atoms with Gasteiger partial charge in [0.25, 0.3) is 0 Å². The number of likely N-dealkylation sites (tertiary alicyclic amines) is 1. The van der Waals surface area contributed by atoms with E-state index in [1.54, 1.807) is 4.90 Å². The van der Waals surface area contributed by atoms with Gasteiger partial charge in [-0.3, -0.25) is 0 Å². The van der Waals surface area contributed by atoms with Crippen LogP contribution in [0.15, 0.2) is 47.7 Å². The summed E-state index contributed by atoms with van der Waals surface area (Å²) in [6, 6.07) is 10.6. The molecule has 2 N–H and O–H groups in total. The molecule has 9 heteroatoms. The number of amides is 1. The monoisotopic (exact) mass is 526 g/mol. The largest absolute Gasteiger partial charge is 0.453 e. The van der Waals surface area contributed by atoms with Crippen LogP contribution in [-0.4, -0.2) is 59.3 Å². The van der Waals surface area contributed by atoms with Crippen molar-refractivity contribution in [3.63, 3.8) is 0 Å². The molecule has 0 radical (unpaired) electrons. The minimum atomic E-state index is -0.255. The van der Waals surface area contributed by atoms with Crippen LogP contribution in [0.4, 0.5) is 4.79 Å². The minimum Gasteiger partial charge on any atom is -0.453 e. The molecule has 1 fully saturated rings. The lowest BCUT2D eigenvalue weighted by atomic mass is 10.1. The van der Waals surface area contributed by atoms with Crippen molar-refractivity contribution in [2.75, 3.05) is 26.7 Å². The number of benzene rings is 1. The molecule has 0 atom stereocenters. The smallest absolute Gasteiger partial charge is 0.409 e. The summed E-state index contributed by atoms with van der Waals surface area (Å²) in [5, 5.41) is 6.79. The Balaban J connectivity index is 0.00000320. The first-order chi connectivity index (χ1) is 14.2. The SMILES string of the molecule is CCNC(=NCc1nccn1Cc1ccccc1)NC1CCN(C(=O)OC)CC1.I. The first-order valence-electron chi connectivity index (χ1n) is 10.1. The Morgan fingerprint density at radius 2 is 2.00 bits per heavy atom. The number of halogens is 1. The van der Waals surface area contributed by atoms with Gasteiger partial charge in [0.2, 0.25) is 0 Å². The molecule has 1 aliphatic rings. The van der Waals surface area contributed by atoms with Gasteiger partial charge in [0.15, 0.2) is 5.96 Å². The van der Waals surface area contributed by atoms with E-state index in [4.69, 9.17) is 9.73 Å². The van der Waals surface area contributed by atoms with Gasteiger partial charge in [-0.25, -0.2) is 14.8 Å². The number of hydrogen-bond acceptors (Lipinski definition) is 4. The van der Waals surface area contributed by atoms with Gasteiger partial charge in [0, 0.05) is 44.6 Å². The molecule has 0 bridgehead atoms. The van der Waals surface area contributed by atoms with E-state index in [-0.39, 0.29) is 36.1 Å². The van der Waals surface area contributed by atoms with Gasteiger partial charge < -0.3 is 24.8 Å². The van der Waals surface area contributed by atoms with E-state index >= 15 is 0 Å². The number of imidazole rings is 1. The third kappa shape index (κ3) is 6.89. The quantitative estimate of drug-likeness (QED) is 0.344. The van der Waals surface area contributed by atoms with Gasteiger partial charge >= 0.3 is 6.09 Å². The van der Waals surface area contributed by atoms with Crippen molar-refractivity contribution in [1.82, 2.24) is 25.1 Å². The lowest BCUT2D eigenvalue weighted by Crippen LogP contribution is -2.49. The molecule has 1 aromatic heterocycles. The summed E-state index contributed by atoms with van der Waals surface area (Å²) in [6.45, 7) is 5.48. The molecule has 1 aliphatic heterocycles. The van der Waals surface area contributed by atoms with E-state index in [0.717, 1.165) is 37.7 Å². The van der Waals surface area contributed by atoms with Crippen LogP contribution >= 0.6 is 24.0 Å². The number of hydrogen-bond donors (Lipinski definition) is 2. The molecule has 1 amide bonds. The highest BCUT2D eigenvalue weighted by molar-refractivity contribution is 14.0. The summed E-state index contributed by atoms with van der Waals surface area (Å²) in [4.78, 5) is 22.6. The molecule has 0 spiro atoms. The lowest BCUT2D eigenvalue weighted by Gasteiger charge is -2.32. The van der Waals surface area contributed by atoms with Crippen LogP contribution in [-0.2, 0) is 17.8 Å². The first kappa shape index (κ1) is 24.0. The maximum absolute atomic E-state index is 11.6. The van der Waals surface area contributed by atoms with E-state index in [0.29, 0.717) is 19.6 Å². The maximum atomic E-state index is 11.6. The highest BCUT2D eigenvalue weighted by atomic mass is 127. The Morgan fingerprint density at radius 1 is 1.27 bits per heavy atom. The van der Waals surface area contributed by atoms with Crippen LogP contribution in [0, 0.1) is 0 Å². The number of nitrogens with one attached hydrogen (secondary N) is 2. The number of rotatable bonds is 6. The third-order valence-electron chi connectivity index (χ3n) is 4.99. The van der Waals surface area contributed by atoms with Crippen molar-refractivity contribution < 1.29 is 9.53 Å². The Hall–Kier alpha value is -2.30. The van der Waals surface area contributed by atoms with Gasteiger partial charge in [-0.2, -0.15) is 0 Å². The highest BCUT2D eigenvalue weighted by Gasteiger charge is 2.23. The number of aliphatic imine (C=N–C) groups is 1. The van der Waals surface area contributed by atoms with Crippen molar-refractivity contribution in [2.45, 2.75) is 38.9 Å². The molecule has 2 heterocycles. The summed E-state index contributed by atoms with van der Waals surface area (Å²) in [7, 11) is 1.42. The number of piperidine rings is 1. The Kier molecular flexibility index (Phi) is 9.92. The molecule has 0 unspecified atom stereocenters. The normalized spacial score (nSPS) is 14.7. The number of guanidine groups is 1. The summed E-state index contributed by atoms with van der Waals surface area (Å²) >= 11 is 0. The van der Waals surface area contributed by atoms with Gasteiger partial charge in [-0.15, -0.1) is 24.0 Å². The molecular weight excluding hydrogens is 495 g/mol. The molecule has 0 saturated carbocycles. The molecule has 1 aromatic carbocycles. The molecule has 0 aliphatic carbocycles. The van der Waals surface area contributed by atoms with Crippen LogP contribution < -0.4 is 10.6 Å². The first-order valence-corrected chi connectivity index (χ1v) is 10.1. The third-order valence-corrected chi connectivity index (χ3v) is 4.99. The van der Waals surface area contributed by atoms with Crippen molar-refractivity contribution >= 4 is 36.0 Å². The van der Waals surface area contributed by atoms with Crippen molar-refractivity contribution in [2.24, 2.45) is 4.99 Å². The topological polar surface area (TPSA) is 83.8 Å². The molecule has 164 valence electrons. The van der Waals surface area contributed by atoms with E-state index in [1.807, 2.05) is 37.5 Å². The standard InChI is InChI=1S/C21H30N6O2.HI/c1-3-22-20(25-18-9-12-26(13-10-18)21(28)29-2)24-15-19-23-11-14-27(19)16-17-7-5-4-6-8-17;/h4-8,11,14,18H,3,9-10,12-13,15-16H2,1-2H3,(H2,22,24,25);1H. The zero-order valence-electron chi connectivity index (χ0n) is 17.6. The fourth-order valence-corrected chi connectivity index (χ4v) is 3.41. The summed E-state index contributed by atoms with van der Waals surface area (Å²) in [6.07, 6.45) is 5.27. The van der Waals surface area contributed by atoms with Crippen LogP contribution in [0.1, 0.15) is 31.2 Å². The number of aromatic nitrogens is 2. The van der Waals surface area contributed by atoms with Gasteiger partial charge in [0.05, 0.1) is 7.11 Å². The molecule has 1 saturated heterocycles. The minimum absolute atomic E-state index is 0. The van der Waals surface area contributed by atoms with E-state index < -0.39 is 0 Å². The van der Waals surface area contributed by atoms with Crippen molar-refractivity contribution in [1.29, 1.82) is 0 Å². The second-order valence-electron chi connectivity index (χ2n) is 7.03. The fraction of sp³-hybridized carbons (Fsp3) is 0.476. The summed E-state index contributed by atoms with van der Waals surface area (Å²) in [5.74, 6) is 1.70. The molecule has 8 nitrogen and oxygen atoms in total. The Morgan fingerprint density at radius 3 is 2.67 bits per heavy atom. The van der Waals surface area contributed by atoms with E-state index in [2.05, 4.69) is 32.3 Å². The fourth-order valence-electron chi connectivity index (χ4n) is 3.41. The number of methoxy groups -OCH3 is 1. The van der Waals surface area contributed by atoms with Crippen LogP contribution in [0.2, 0.25) is 0 Å². The predicted octanol–water partition coefficient (Wildman–Crippen LogP) is 2.84. The van der Waals surface area contributed by atoms with Gasteiger partial charge in [-0.1, -0.05) is 30.3 Å². The van der Waals surface area contributed by atoms with Gasteiger partial charge in [-0.05, 0) is 25.3 Å². The average molecular weight is 526 g/mol. The van der Waals surface area contributed by atoms with Crippen LogP contribution in [0.25, 0.3) is 0 Å². The zero-order valence-corrected chi connectivity index (χ0v) is 19.9. The van der Waals surface area contributed by atoms with Crippen molar-refractivity contribution in [3.8, 4) is 0 Å². The number of carbonyl (C=O) groups is 1. The zero-order chi connectivity index (χ0) is 20.5. The molecule has 2 aromatic rings. The van der Waals surface area contributed by atoms with Crippen LogP contribution in [0.5, 0.6) is 0 Å². The maximum Gasteiger partial charge on any atom is 0.409 e. The second-order valence-corrected chi connectivity index (χ2v) is 7.03. The van der Waals surface area contributed by atoms with Gasteiger partial charge in [0.1, 0.15) is 12.4 Å².